The Hall–Kier alpha value is -1.59. The summed E-state index contributed by atoms with van der Waals surface area (Å²) < 4.78 is 3.09. The maximum absolute atomic E-state index is 12.2. The Kier molecular flexibility index (Phi) is 5.20. The Morgan fingerprint density at radius 3 is 2.71 bits per heavy atom. The number of carbonyl (C=O) groups is 1. The third kappa shape index (κ3) is 3.36. The summed E-state index contributed by atoms with van der Waals surface area (Å²) in [5, 5.41) is 2.90. The molecule has 2 rings (SSSR count). The van der Waals surface area contributed by atoms with Gasteiger partial charge in [-0.3, -0.25) is 4.79 Å². The minimum atomic E-state index is -0.0464. The normalized spacial score (nSPS) is 10.7. The van der Waals surface area contributed by atoms with Crippen LogP contribution in [0, 0.1) is 13.8 Å². The molecule has 1 amide bonds. The van der Waals surface area contributed by atoms with E-state index in [1.807, 2.05) is 44.2 Å². The number of carbonyl (C=O) groups excluding carboxylic acids is 1. The van der Waals surface area contributed by atoms with Crippen LogP contribution in [0.4, 0.5) is 0 Å². The first-order valence-electron chi connectivity index (χ1n) is 6.98. The van der Waals surface area contributed by atoms with Crippen molar-refractivity contribution in [3.63, 3.8) is 0 Å². The minimum absolute atomic E-state index is 0.0464. The predicted octanol–water partition coefficient (Wildman–Crippen LogP) is 2.94. The van der Waals surface area contributed by atoms with E-state index in [1.165, 1.54) is 0 Å². The Labute approximate surface area is 133 Å². The highest BCUT2D eigenvalue weighted by atomic mass is 79.9. The van der Waals surface area contributed by atoms with Gasteiger partial charge in [0.15, 0.2) is 0 Å². The van der Waals surface area contributed by atoms with Gasteiger partial charge >= 0.3 is 0 Å². The first kappa shape index (κ1) is 15.8. The number of aromatic nitrogens is 1. The highest BCUT2D eigenvalue weighted by molar-refractivity contribution is 9.10. The Balaban J connectivity index is 2.34. The second kappa shape index (κ2) is 6.91. The summed E-state index contributed by atoms with van der Waals surface area (Å²) in [6, 6.07) is 9.91. The number of hydrogen-bond donors (Lipinski definition) is 2. The molecule has 0 spiro atoms. The van der Waals surface area contributed by atoms with E-state index in [2.05, 4.69) is 25.8 Å². The van der Waals surface area contributed by atoms with Crippen LogP contribution in [0.25, 0.3) is 5.69 Å². The summed E-state index contributed by atoms with van der Waals surface area (Å²) in [5.74, 6) is -0.0464. The van der Waals surface area contributed by atoms with Gasteiger partial charge in [0.1, 0.15) is 0 Å². The van der Waals surface area contributed by atoms with E-state index in [0.717, 1.165) is 28.0 Å². The molecular formula is C16H20BrN3O. The summed E-state index contributed by atoms with van der Waals surface area (Å²) in [7, 11) is 0. The van der Waals surface area contributed by atoms with Crippen LogP contribution >= 0.6 is 15.9 Å². The number of rotatable bonds is 5. The number of nitrogens with one attached hydrogen (secondary N) is 1. The highest BCUT2D eigenvalue weighted by Crippen LogP contribution is 2.26. The number of nitrogens with two attached hydrogens (primary N) is 1. The number of aryl methyl sites for hydroxylation is 1. The van der Waals surface area contributed by atoms with Gasteiger partial charge in [-0.1, -0.05) is 12.1 Å². The molecule has 0 bridgehead atoms. The number of nitrogens with zero attached hydrogens (tertiary/aromatic N) is 1. The van der Waals surface area contributed by atoms with Gasteiger partial charge in [-0.15, -0.1) is 0 Å². The molecule has 1 aromatic carbocycles. The highest BCUT2D eigenvalue weighted by Gasteiger charge is 2.17. The van der Waals surface area contributed by atoms with Gasteiger partial charge in [-0.05, 0) is 60.9 Å². The molecule has 2 aromatic rings. The molecule has 4 nitrogen and oxygen atoms in total. The summed E-state index contributed by atoms with van der Waals surface area (Å²) in [6.07, 6.45) is 0.786. The van der Waals surface area contributed by atoms with Crippen LogP contribution in [0.15, 0.2) is 34.8 Å². The lowest BCUT2D eigenvalue weighted by Crippen LogP contribution is -2.26. The second-order valence-electron chi connectivity index (χ2n) is 4.97. The topological polar surface area (TPSA) is 60.1 Å². The van der Waals surface area contributed by atoms with Crippen LogP contribution in [-0.2, 0) is 0 Å². The van der Waals surface area contributed by atoms with Crippen LogP contribution in [0.1, 0.15) is 28.2 Å². The molecule has 21 heavy (non-hydrogen) atoms. The third-order valence-electron chi connectivity index (χ3n) is 3.44. The number of para-hydroxylation sites is 1. The molecule has 5 heteroatoms. The van der Waals surface area contributed by atoms with E-state index >= 15 is 0 Å². The monoisotopic (exact) mass is 349 g/mol. The minimum Gasteiger partial charge on any atom is -0.352 e. The molecule has 1 heterocycles. The number of halogens is 1. The Morgan fingerprint density at radius 2 is 2.05 bits per heavy atom. The van der Waals surface area contributed by atoms with Crippen molar-refractivity contribution in [3.05, 3.63) is 51.8 Å². The number of hydrogen-bond acceptors (Lipinski definition) is 2. The van der Waals surface area contributed by atoms with E-state index < -0.39 is 0 Å². The van der Waals surface area contributed by atoms with Crippen LogP contribution in [0.2, 0.25) is 0 Å². The lowest BCUT2D eigenvalue weighted by Gasteiger charge is -2.12. The van der Waals surface area contributed by atoms with Crippen molar-refractivity contribution in [2.24, 2.45) is 5.73 Å². The van der Waals surface area contributed by atoms with E-state index in [9.17, 15) is 4.79 Å². The van der Waals surface area contributed by atoms with Gasteiger partial charge in [0, 0.05) is 22.4 Å². The van der Waals surface area contributed by atoms with Gasteiger partial charge < -0.3 is 15.6 Å². The third-order valence-corrected chi connectivity index (χ3v) is 4.11. The zero-order chi connectivity index (χ0) is 15.4. The van der Waals surface area contributed by atoms with Crippen molar-refractivity contribution in [1.29, 1.82) is 0 Å². The zero-order valence-electron chi connectivity index (χ0n) is 12.3. The molecular weight excluding hydrogens is 330 g/mol. The number of benzene rings is 1. The van der Waals surface area contributed by atoms with Crippen LogP contribution in [-0.4, -0.2) is 23.6 Å². The lowest BCUT2D eigenvalue weighted by atomic mass is 10.2. The second-order valence-corrected chi connectivity index (χ2v) is 5.82. The van der Waals surface area contributed by atoms with Crippen molar-refractivity contribution in [1.82, 2.24) is 9.88 Å². The zero-order valence-corrected chi connectivity index (χ0v) is 13.9. The first-order chi connectivity index (χ1) is 10.1. The molecule has 0 aliphatic carbocycles. The predicted molar refractivity (Wildman–Crippen MR) is 88.9 cm³/mol. The molecule has 0 aliphatic heterocycles. The van der Waals surface area contributed by atoms with Gasteiger partial charge in [0.05, 0.1) is 11.3 Å². The average molecular weight is 350 g/mol. The molecule has 0 unspecified atom stereocenters. The molecule has 1 aromatic heterocycles. The molecule has 0 saturated carbocycles. The van der Waals surface area contributed by atoms with Gasteiger partial charge in [-0.25, -0.2) is 0 Å². The summed E-state index contributed by atoms with van der Waals surface area (Å²) in [5.41, 5.74) is 9.15. The fraction of sp³-hybridized carbons (Fsp3) is 0.312. The van der Waals surface area contributed by atoms with Crippen LogP contribution in [0.3, 0.4) is 0 Å². The number of amides is 1. The van der Waals surface area contributed by atoms with Gasteiger partial charge in [0.25, 0.3) is 5.91 Å². The summed E-state index contributed by atoms with van der Waals surface area (Å²) in [4.78, 5) is 12.2. The molecule has 3 N–H and O–H groups in total. The fourth-order valence-corrected chi connectivity index (χ4v) is 2.86. The quantitative estimate of drug-likeness (QED) is 0.815. The van der Waals surface area contributed by atoms with E-state index in [0.29, 0.717) is 18.7 Å². The maximum Gasteiger partial charge on any atom is 0.253 e. The molecule has 0 radical (unpaired) electrons. The fourth-order valence-electron chi connectivity index (χ4n) is 2.40. The standard InChI is InChI=1S/C16H20BrN3O/c1-11-10-13(16(21)19-9-5-8-18)12(2)20(11)15-7-4-3-6-14(15)17/h3-4,6-7,10H,5,8-9,18H2,1-2H3,(H,19,21). The van der Waals surface area contributed by atoms with Crippen molar-refractivity contribution in [2.45, 2.75) is 20.3 Å². The maximum atomic E-state index is 12.2. The first-order valence-corrected chi connectivity index (χ1v) is 7.77. The summed E-state index contributed by atoms with van der Waals surface area (Å²) in [6.45, 7) is 5.15. The smallest absolute Gasteiger partial charge is 0.253 e. The molecule has 112 valence electrons. The van der Waals surface area contributed by atoms with Crippen LogP contribution < -0.4 is 11.1 Å². The summed E-state index contributed by atoms with van der Waals surface area (Å²) >= 11 is 3.56. The molecule has 0 saturated heterocycles. The Morgan fingerprint density at radius 1 is 1.33 bits per heavy atom. The van der Waals surface area contributed by atoms with Crippen molar-refractivity contribution in [2.75, 3.05) is 13.1 Å². The Bertz CT molecular complexity index is 649. The lowest BCUT2D eigenvalue weighted by molar-refractivity contribution is 0.0953. The van der Waals surface area contributed by atoms with E-state index in [4.69, 9.17) is 5.73 Å². The van der Waals surface area contributed by atoms with E-state index in [-0.39, 0.29) is 5.91 Å². The average Bonchev–Trinajstić information content (AvgIpc) is 2.75. The van der Waals surface area contributed by atoms with Crippen molar-refractivity contribution >= 4 is 21.8 Å². The SMILES string of the molecule is Cc1cc(C(=O)NCCCN)c(C)n1-c1ccccc1Br. The van der Waals surface area contributed by atoms with Crippen molar-refractivity contribution < 1.29 is 4.79 Å². The largest absolute Gasteiger partial charge is 0.352 e. The van der Waals surface area contributed by atoms with Gasteiger partial charge in [-0.2, -0.15) is 0 Å². The van der Waals surface area contributed by atoms with Crippen molar-refractivity contribution in [3.8, 4) is 5.69 Å². The van der Waals surface area contributed by atoms with E-state index in [1.54, 1.807) is 0 Å². The van der Waals surface area contributed by atoms with Gasteiger partial charge in [0.2, 0.25) is 0 Å². The molecule has 0 atom stereocenters. The van der Waals surface area contributed by atoms with Crippen LogP contribution in [0.5, 0.6) is 0 Å². The molecule has 0 fully saturated rings. The molecule has 0 aliphatic rings.